The van der Waals surface area contributed by atoms with Crippen LogP contribution >= 0.6 is 0 Å². The van der Waals surface area contributed by atoms with E-state index >= 15 is 0 Å². The summed E-state index contributed by atoms with van der Waals surface area (Å²) in [6, 6.07) is -1.54. The number of hydrogen-bond acceptors (Lipinski definition) is 6. The van der Waals surface area contributed by atoms with Crippen LogP contribution in [0.2, 0.25) is 0 Å². The first-order valence-corrected chi connectivity index (χ1v) is 10.7. The maximum absolute atomic E-state index is 12.9. The number of hydrogen-bond donors (Lipinski definition) is 1. The summed E-state index contributed by atoms with van der Waals surface area (Å²) in [5.74, 6) is -1.16. The highest BCUT2D eigenvalue weighted by Crippen LogP contribution is 2.44. The second kappa shape index (κ2) is 9.56. The normalized spacial score (nSPS) is 30.7. The van der Waals surface area contributed by atoms with Crippen LogP contribution in [0.15, 0.2) is 12.1 Å². The number of carbonyl (C=O) groups is 1. The summed E-state index contributed by atoms with van der Waals surface area (Å²) in [5.41, 5.74) is 7.03. The van der Waals surface area contributed by atoms with Gasteiger partial charge in [-0.15, -0.1) is 0 Å². The van der Waals surface area contributed by atoms with E-state index in [0.29, 0.717) is 37.1 Å². The van der Waals surface area contributed by atoms with E-state index in [1.807, 2.05) is 13.8 Å². The van der Waals surface area contributed by atoms with Gasteiger partial charge in [-0.25, -0.2) is 0 Å². The number of esters is 1. The molecule has 0 spiro atoms. The number of carbonyl (C=O) groups excluding carboxylic acids is 1. The van der Waals surface area contributed by atoms with E-state index in [1.54, 1.807) is 0 Å². The molecule has 0 aromatic heterocycles. The van der Waals surface area contributed by atoms with Crippen molar-refractivity contribution < 1.29 is 27.2 Å². The van der Waals surface area contributed by atoms with Crippen LogP contribution in [0.5, 0.6) is 11.5 Å². The van der Waals surface area contributed by atoms with Crippen molar-refractivity contribution in [3.05, 3.63) is 23.2 Å². The number of rotatable bonds is 7. The third kappa shape index (κ3) is 4.75. The van der Waals surface area contributed by atoms with E-state index in [9.17, 15) is 6.17 Å². The Morgan fingerprint density at radius 3 is 2.70 bits per heavy atom. The van der Waals surface area contributed by atoms with E-state index in [-0.39, 0.29) is 47.8 Å². The first kappa shape index (κ1) is 15.9. The molecule has 0 aliphatic carbocycles. The van der Waals surface area contributed by atoms with Crippen LogP contribution in [0.4, 0.5) is 0 Å². The van der Waals surface area contributed by atoms with Gasteiger partial charge in [0.2, 0.25) is 0 Å². The lowest BCUT2D eigenvalue weighted by atomic mass is 9.79. The first-order chi connectivity index (χ1) is 16.6. The van der Waals surface area contributed by atoms with E-state index < -0.39 is 31.2 Å². The molecule has 168 valence electrons. The molecule has 1 fully saturated rings. The van der Waals surface area contributed by atoms with E-state index in [1.165, 1.54) is 7.11 Å². The maximum Gasteiger partial charge on any atom is 0.323 e. The number of nitrogens with zero attached hydrogens (tertiary/aromatic N) is 1. The van der Waals surface area contributed by atoms with Gasteiger partial charge >= 0.3 is 5.97 Å². The molecule has 6 nitrogen and oxygen atoms in total. The fraction of sp³-hybridized carbons (Fsp3) is 0.708. The van der Waals surface area contributed by atoms with Crippen molar-refractivity contribution in [1.29, 1.82) is 0 Å². The molecule has 4 atom stereocenters. The molecule has 1 saturated heterocycles. The Bertz CT molecular complexity index is 987. The van der Waals surface area contributed by atoms with Crippen LogP contribution in [0.25, 0.3) is 0 Å². The summed E-state index contributed by atoms with van der Waals surface area (Å²) in [6.07, 6.45) is -0.369. The van der Waals surface area contributed by atoms with Crippen LogP contribution < -0.4 is 15.2 Å². The number of nitrogens with two attached hydrogens (primary N) is 1. The Morgan fingerprint density at radius 2 is 2.07 bits per heavy atom. The molecule has 30 heavy (non-hydrogen) atoms. The average molecular weight is 425 g/mol. The molecule has 0 radical (unpaired) electrons. The topological polar surface area (TPSA) is 74.0 Å². The van der Waals surface area contributed by atoms with Crippen molar-refractivity contribution in [3.63, 3.8) is 0 Å². The van der Waals surface area contributed by atoms with Crippen molar-refractivity contribution in [1.82, 2.24) is 4.90 Å². The van der Waals surface area contributed by atoms with Crippen molar-refractivity contribution in [3.8, 4) is 11.5 Å². The van der Waals surface area contributed by atoms with Gasteiger partial charge in [0.15, 0.2) is 11.5 Å². The summed E-state index contributed by atoms with van der Waals surface area (Å²) < 4.78 is 65.6. The van der Waals surface area contributed by atoms with E-state index in [0.717, 1.165) is 0 Å². The van der Waals surface area contributed by atoms with Crippen LogP contribution in [-0.2, 0) is 16.0 Å². The lowest BCUT2D eigenvalue weighted by Crippen LogP contribution is -2.51. The molecule has 0 bridgehead atoms. The van der Waals surface area contributed by atoms with Crippen LogP contribution in [0.1, 0.15) is 65.9 Å². The maximum atomic E-state index is 12.9. The van der Waals surface area contributed by atoms with E-state index in [2.05, 4.69) is 18.7 Å². The fourth-order valence-electron chi connectivity index (χ4n) is 4.37. The highest BCUT2D eigenvalue weighted by molar-refractivity contribution is 5.76. The van der Waals surface area contributed by atoms with Gasteiger partial charge in [0.25, 0.3) is 0 Å². The van der Waals surface area contributed by atoms with E-state index in [4.69, 9.17) is 26.8 Å². The van der Waals surface area contributed by atoms with Gasteiger partial charge in [-0.05, 0) is 47.9 Å². The van der Waals surface area contributed by atoms with Crippen molar-refractivity contribution in [2.24, 2.45) is 23.5 Å². The molecular weight excluding hydrogens is 380 g/mol. The number of ether oxygens (including phenoxy) is 3. The van der Waals surface area contributed by atoms with Crippen molar-refractivity contribution in [2.45, 2.75) is 65.1 Å². The highest BCUT2D eigenvalue weighted by atomic mass is 16.5. The fourth-order valence-corrected chi connectivity index (χ4v) is 4.37. The van der Waals surface area contributed by atoms with Gasteiger partial charge in [0.1, 0.15) is 12.1 Å². The molecule has 1 aromatic rings. The molecule has 3 rings (SSSR count). The quantitative estimate of drug-likeness (QED) is 0.675. The second-order valence-corrected chi connectivity index (χ2v) is 9.06. The van der Waals surface area contributed by atoms with Crippen LogP contribution in [0, 0.1) is 17.8 Å². The molecule has 3 unspecified atom stereocenters. The Kier molecular flexibility index (Phi) is 5.08. The molecule has 6 heteroatoms. The number of benzene rings is 1. The lowest BCUT2D eigenvalue weighted by molar-refractivity contribution is -0.160. The molecule has 2 heterocycles. The SMILES string of the molecule is [2H]c1c2c(c([2H])c(OC)c1OC([2H])([2H])[2H])C1CC([2H])(OC(=O)[C@@H](N)C(C)C)C(CC(C)C)CN1CC2. The van der Waals surface area contributed by atoms with Crippen LogP contribution in [0.3, 0.4) is 0 Å². The standard InChI is InChI=1S/C24H38N2O4/c1-14(2)9-17-13-26-8-7-16-10-21(28-5)22(29-6)11-18(16)19(26)12-20(17)30-24(27)23(25)15(3)4/h10-11,14-15,17,19-20,23H,7-9,12-13,25H2,1-6H3/t17?,19?,20?,23-/m0/s1/i5D3,10D,11D,20D. The van der Waals surface area contributed by atoms with Crippen molar-refractivity contribution in [2.75, 3.05) is 27.2 Å². The Labute approximate surface area is 189 Å². The zero-order valence-electron chi connectivity index (χ0n) is 24.6. The summed E-state index contributed by atoms with van der Waals surface area (Å²) >= 11 is 0. The minimum Gasteiger partial charge on any atom is -0.493 e. The third-order valence-electron chi connectivity index (χ3n) is 6.06. The molecule has 2 aliphatic heterocycles. The molecule has 0 saturated carbocycles. The molecule has 1 aromatic carbocycles. The predicted molar refractivity (Wildman–Crippen MR) is 118 cm³/mol. The number of fused-ring (bicyclic) bond motifs is 3. The van der Waals surface area contributed by atoms with Crippen molar-refractivity contribution >= 4 is 5.97 Å². The lowest BCUT2D eigenvalue weighted by Gasteiger charge is -2.47. The third-order valence-corrected chi connectivity index (χ3v) is 6.06. The number of methoxy groups -OCH3 is 2. The minimum absolute atomic E-state index is 0.0766. The number of piperidine rings is 1. The molecular formula is C24H38N2O4. The van der Waals surface area contributed by atoms with Gasteiger partial charge in [-0.3, -0.25) is 9.69 Å². The Balaban J connectivity index is 2.08. The van der Waals surface area contributed by atoms with Gasteiger partial charge in [-0.1, -0.05) is 27.7 Å². The smallest absolute Gasteiger partial charge is 0.323 e. The monoisotopic (exact) mass is 424 g/mol. The molecule has 2 aliphatic rings. The molecule has 0 amide bonds. The summed E-state index contributed by atoms with van der Waals surface area (Å²) in [7, 11) is -1.51. The predicted octanol–water partition coefficient (Wildman–Crippen LogP) is 3.56. The van der Waals surface area contributed by atoms with Gasteiger partial charge in [0, 0.05) is 31.5 Å². The zero-order valence-corrected chi connectivity index (χ0v) is 18.6. The average Bonchev–Trinajstić information content (AvgIpc) is 2.75. The molecule has 2 N–H and O–H groups in total. The van der Waals surface area contributed by atoms with Gasteiger partial charge < -0.3 is 19.9 Å². The minimum atomic E-state index is -2.81. The Hall–Kier alpha value is -1.79. The summed E-state index contributed by atoms with van der Waals surface area (Å²) in [5, 5.41) is 0. The summed E-state index contributed by atoms with van der Waals surface area (Å²) in [4.78, 5) is 15.0. The van der Waals surface area contributed by atoms with Gasteiger partial charge in [0.05, 0.1) is 22.4 Å². The largest absolute Gasteiger partial charge is 0.493 e. The Morgan fingerprint density at radius 1 is 1.33 bits per heavy atom. The first-order valence-electron chi connectivity index (χ1n) is 13.7. The summed E-state index contributed by atoms with van der Waals surface area (Å²) in [6.45, 7) is 8.81. The van der Waals surface area contributed by atoms with Crippen LogP contribution in [-0.4, -0.2) is 50.2 Å². The zero-order chi connectivity index (χ0) is 27.2. The van der Waals surface area contributed by atoms with Gasteiger partial charge in [-0.2, -0.15) is 0 Å². The highest BCUT2D eigenvalue weighted by Gasteiger charge is 2.41. The second-order valence-electron chi connectivity index (χ2n) is 9.06.